The van der Waals surface area contributed by atoms with Gasteiger partial charge in [-0.2, -0.15) is 11.8 Å². The van der Waals surface area contributed by atoms with Crippen molar-refractivity contribution < 1.29 is 9.90 Å². The number of thioether (sulfide) groups is 1. The Kier molecular flexibility index (Phi) is 4.64. The highest BCUT2D eigenvalue weighted by molar-refractivity contribution is 7.99. The third-order valence-corrected chi connectivity index (χ3v) is 5.32. The summed E-state index contributed by atoms with van der Waals surface area (Å²) in [7, 11) is 0. The second kappa shape index (κ2) is 6.04. The minimum absolute atomic E-state index is 0.144. The Balaban J connectivity index is 2.02. The lowest BCUT2D eigenvalue weighted by atomic mass is 10.2. The van der Waals surface area contributed by atoms with E-state index in [1.54, 1.807) is 11.3 Å². The molecule has 1 N–H and O–H groups in total. The van der Waals surface area contributed by atoms with Crippen molar-refractivity contribution in [1.82, 2.24) is 9.88 Å². The molecule has 0 spiro atoms. The van der Waals surface area contributed by atoms with Gasteiger partial charge >= 0.3 is 5.97 Å². The number of hydrogen-bond donors (Lipinski definition) is 1. The van der Waals surface area contributed by atoms with Crippen molar-refractivity contribution in [1.29, 1.82) is 0 Å². The molecular formula is C12H18N2O2S2. The second-order valence-electron chi connectivity index (χ2n) is 4.55. The zero-order chi connectivity index (χ0) is 13.1. The first-order valence-electron chi connectivity index (χ1n) is 6.02. The average molecular weight is 286 g/mol. The van der Waals surface area contributed by atoms with E-state index in [2.05, 4.69) is 16.8 Å². The molecule has 1 aliphatic rings. The molecule has 1 aliphatic heterocycles. The molecule has 2 heterocycles. The van der Waals surface area contributed by atoms with E-state index in [0.29, 0.717) is 0 Å². The van der Waals surface area contributed by atoms with Crippen LogP contribution in [0.15, 0.2) is 0 Å². The summed E-state index contributed by atoms with van der Waals surface area (Å²) < 4.78 is 0. The molecule has 1 fully saturated rings. The van der Waals surface area contributed by atoms with Crippen molar-refractivity contribution in [2.24, 2.45) is 0 Å². The maximum Gasteiger partial charge on any atom is 0.304 e. The van der Waals surface area contributed by atoms with Crippen molar-refractivity contribution in [2.75, 3.05) is 18.1 Å². The minimum Gasteiger partial charge on any atom is -0.481 e. The van der Waals surface area contributed by atoms with Gasteiger partial charge in [0.25, 0.3) is 0 Å². The number of carboxylic acid groups (broad SMARTS) is 1. The second-order valence-corrected chi connectivity index (χ2v) is 6.98. The molecule has 2 rings (SSSR count). The quantitative estimate of drug-likeness (QED) is 0.919. The zero-order valence-corrected chi connectivity index (χ0v) is 12.3. The first kappa shape index (κ1) is 13.8. The van der Waals surface area contributed by atoms with E-state index in [0.717, 1.165) is 35.3 Å². The average Bonchev–Trinajstić information content (AvgIpc) is 2.60. The molecule has 0 radical (unpaired) electrons. The van der Waals surface area contributed by atoms with Crippen LogP contribution in [0.2, 0.25) is 0 Å². The van der Waals surface area contributed by atoms with Gasteiger partial charge in [-0.3, -0.25) is 9.69 Å². The standard InChI is InChI=1S/C12H18N2O2S2/c1-8-9(2)18-11(13-8)6-14-3-4-17-7-10(14)5-12(15)16/h10H,3-7H2,1-2H3,(H,15,16). The van der Waals surface area contributed by atoms with Crippen molar-refractivity contribution in [3.05, 3.63) is 15.6 Å². The number of aryl methyl sites for hydroxylation is 2. The third-order valence-electron chi connectivity index (χ3n) is 3.17. The van der Waals surface area contributed by atoms with Gasteiger partial charge in [0, 0.05) is 29.0 Å². The predicted octanol–water partition coefficient (Wildman–Crippen LogP) is 2.15. The van der Waals surface area contributed by atoms with Crippen LogP contribution in [0.25, 0.3) is 0 Å². The van der Waals surface area contributed by atoms with E-state index in [9.17, 15) is 4.79 Å². The van der Waals surface area contributed by atoms with Gasteiger partial charge in [0.1, 0.15) is 5.01 Å². The summed E-state index contributed by atoms with van der Waals surface area (Å²) in [6.07, 6.45) is 0.232. The van der Waals surface area contributed by atoms with Crippen LogP contribution in [0.3, 0.4) is 0 Å². The Morgan fingerprint density at radius 2 is 2.33 bits per heavy atom. The van der Waals surface area contributed by atoms with E-state index in [4.69, 9.17) is 5.11 Å². The Morgan fingerprint density at radius 1 is 1.56 bits per heavy atom. The van der Waals surface area contributed by atoms with E-state index < -0.39 is 5.97 Å². The number of aromatic nitrogens is 1. The number of carboxylic acids is 1. The lowest BCUT2D eigenvalue weighted by Gasteiger charge is -2.33. The summed E-state index contributed by atoms with van der Waals surface area (Å²) in [5.74, 6) is 1.29. The highest BCUT2D eigenvalue weighted by Gasteiger charge is 2.25. The molecule has 0 aromatic carbocycles. The lowest BCUT2D eigenvalue weighted by Crippen LogP contribution is -2.42. The van der Waals surface area contributed by atoms with E-state index in [1.807, 2.05) is 18.7 Å². The Hall–Kier alpha value is -0.590. The van der Waals surface area contributed by atoms with Gasteiger partial charge in [-0.25, -0.2) is 4.98 Å². The predicted molar refractivity (Wildman–Crippen MR) is 75.4 cm³/mol. The van der Waals surface area contributed by atoms with Crippen LogP contribution in [0, 0.1) is 13.8 Å². The van der Waals surface area contributed by atoms with Crippen molar-refractivity contribution in [3.8, 4) is 0 Å². The number of thiazole rings is 1. The molecule has 0 bridgehead atoms. The Bertz CT molecular complexity index is 414. The molecule has 0 aliphatic carbocycles. The maximum absolute atomic E-state index is 10.9. The summed E-state index contributed by atoms with van der Waals surface area (Å²) >= 11 is 3.57. The number of carbonyl (C=O) groups is 1. The molecule has 18 heavy (non-hydrogen) atoms. The van der Waals surface area contributed by atoms with Gasteiger partial charge < -0.3 is 5.11 Å². The summed E-state index contributed by atoms with van der Waals surface area (Å²) in [6.45, 7) is 5.85. The number of hydrogen-bond acceptors (Lipinski definition) is 5. The number of rotatable bonds is 4. The molecular weight excluding hydrogens is 268 g/mol. The largest absolute Gasteiger partial charge is 0.481 e. The van der Waals surface area contributed by atoms with Gasteiger partial charge in [-0.1, -0.05) is 0 Å². The molecule has 0 amide bonds. The molecule has 1 saturated heterocycles. The minimum atomic E-state index is -0.709. The fourth-order valence-electron chi connectivity index (χ4n) is 2.07. The van der Waals surface area contributed by atoms with E-state index in [-0.39, 0.29) is 12.5 Å². The van der Waals surface area contributed by atoms with Crippen molar-refractivity contribution in [3.63, 3.8) is 0 Å². The molecule has 1 aromatic rings. The van der Waals surface area contributed by atoms with Crippen LogP contribution in [0.5, 0.6) is 0 Å². The third kappa shape index (κ3) is 3.46. The topological polar surface area (TPSA) is 53.4 Å². The lowest BCUT2D eigenvalue weighted by molar-refractivity contribution is -0.138. The summed E-state index contributed by atoms with van der Waals surface area (Å²) in [4.78, 5) is 18.9. The van der Waals surface area contributed by atoms with Crippen molar-refractivity contribution in [2.45, 2.75) is 32.9 Å². The molecule has 6 heteroatoms. The van der Waals surface area contributed by atoms with Crippen LogP contribution in [0.1, 0.15) is 22.0 Å². The SMILES string of the molecule is Cc1nc(CN2CCSCC2CC(=O)O)sc1C. The molecule has 0 saturated carbocycles. The zero-order valence-electron chi connectivity index (χ0n) is 10.7. The Morgan fingerprint density at radius 3 is 2.94 bits per heavy atom. The van der Waals surface area contributed by atoms with Crippen LogP contribution in [-0.4, -0.2) is 45.1 Å². The van der Waals surface area contributed by atoms with Crippen molar-refractivity contribution >= 4 is 29.1 Å². The van der Waals surface area contributed by atoms with Crippen LogP contribution < -0.4 is 0 Å². The van der Waals surface area contributed by atoms with Crippen LogP contribution in [0.4, 0.5) is 0 Å². The van der Waals surface area contributed by atoms with Gasteiger partial charge in [-0.05, 0) is 13.8 Å². The maximum atomic E-state index is 10.9. The highest BCUT2D eigenvalue weighted by Crippen LogP contribution is 2.24. The smallest absolute Gasteiger partial charge is 0.304 e. The monoisotopic (exact) mass is 286 g/mol. The van der Waals surface area contributed by atoms with E-state index in [1.165, 1.54) is 4.88 Å². The summed E-state index contributed by atoms with van der Waals surface area (Å²) in [5.41, 5.74) is 1.09. The molecule has 4 nitrogen and oxygen atoms in total. The van der Waals surface area contributed by atoms with Gasteiger partial charge in [0.15, 0.2) is 0 Å². The van der Waals surface area contributed by atoms with E-state index >= 15 is 0 Å². The fourth-order valence-corrected chi connectivity index (χ4v) is 4.16. The molecule has 1 aromatic heterocycles. The van der Waals surface area contributed by atoms with Gasteiger partial charge in [-0.15, -0.1) is 11.3 Å². The summed E-state index contributed by atoms with van der Waals surface area (Å²) in [5, 5.41) is 10.1. The molecule has 100 valence electrons. The first-order chi connectivity index (χ1) is 8.56. The van der Waals surface area contributed by atoms with Gasteiger partial charge in [0.05, 0.1) is 18.7 Å². The molecule has 1 unspecified atom stereocenters. The van der Waals surface area contributed by atoms with Crippen LogP contribution >= 0.6 is 23.1 Å². The van der Waals surface area contributed by atoms with Crippen LogP contribution in [-0.2, 0) is 11.3 Å². The fraction of sp³-hybridized carbons (Fsp3) is 0.667. The number of aliphatic carboxylic acids is 1. The normalized spacial score (nSPS) is 21.1. The molecule has 1 atom stereocenters. The Labute approximate surface area is 115 Å². The first-order valence-corrected chi connectivity index (χ1v) is 8.00. The number of nitrogens with zero attached hydrogens (tertiary/aromatic N) is 2. The highest BCUT2D eigenvalue weighted by atomic mass is 32.2. The van der Waals surface area contributed by atoms with Gasteiger partial charge in [0.2, 0.25) is 0 Å². The summed E-state index contributed by atoms with van der Waals surface area (Å²) in [6, 6.07) is 0.144.